The molecule has 1 aliphatic heterocycles. The lowest BCUT2D eigenvalue weighted by atomic mass is 9.92. The Labute approximate surface area is 271 Å². The van der Waals surface area contributed by atoms with Gasteiger partial charge in [0.2, 0.25) is 5.91 Å². The second-order valence-electron chi connectivity index (χ2n) is 13.3. The molecule has 1 aliphatic rings. The number of hydrogen-bond donors (Lipinski definition) is 3. The summed E-state index contributed by atoms with van der Waals surface area (Å²) in [5.41, 5.74) is 6.86. The highest BCUT2D eigenvalue weighted by molar-refractivity contribution is 5.99. The van der Waals surface area contributed by atoms with Crippen molar-refractivity contribution in [2.75, 3.05) is 31.6 Å². The lowest BCUT2D eigenvalue weighted by Gasteiger charge is -2.17. The number of anilines is 1. The van der Waals surface area contributed by atoms with Gasteiger partial charge in [-0.1, -0.05) is 20.8 Å². The number of hydrogen-bond acceptors (Lipinski definition) is 7. The van der Waals surface area contributed by atoms with Crippen molar-refractivity contribution in [3.8, 4) is 39.7 Å². The molecule has 1 amide bonds. The largest absolute Gasteiger partial charge is 0.492 e. The molecule has 10 nitrogen and oxygen atoms in total. The number of rotatable bonds is 9. The first-order valence-electron chi connectivity index (χ1n) is 15.9. The molecular weight excluding hydrogens is 595 g/mol. The van der Waals surface area contributed by atoms with E-state index >= 15 is 0 Å². The highest BCUT2D eigenvalue weighted by atomic mass is 19.1. The maximum atomic E-state index is 14.8. The van der Waals surface area contributed by atoms with Gasteiger partial charge in [-0.05, 0) is 73.8 Å². The number of H-pyrrole nitrogens is 2. The van der Waals surface area contributed by atoms with Gasteiger partial charge in [-0.15, -0.1) is 0 Å². The zero-order chi connectivity index (χ0) is 32.5. The fourth-order valence-corrected chi connectivity index (χ4v) is 6.08. The molecule has 0 aliphatic carbocycles. The van der Waals surface area contributed by atoms with Gasteiger partial charge in [-0.3, -0.25) is 24.8 Å². The zero-order valence-electron chi connectivity index (χ0n) is 26.7. The number of amides is 1. The molecule has 0 unspecified atom stereocenters. The molecule has 6 heterocycles. The first-order chi connectivity index (χ1) is 22.7. The fraction of sp³-hybridized carbons (Fsp3) is 0.306. The minimum absolute atomic E-state index is 0.0656. The first-order valence-corrected chi connectivity index (χ1v) is 15.9. The maximum Gasteiger partial charge on any atom is 0.224 e. The van der Waals surface area contributed by atoms with E-state index in [9.17, 15) is 9.18 Å². The number of aromatic nitrogens is 6. The van der Waals surface area contributed by atoms with Crippen molar-refractivity contribution in [1.29, 1.82) is 0 Å². The van der Waals surface area contributed by atoms with Gasteiger partial charge in [0.1, 0.15) is 29.4 Å². The second kappa shape index (κ2) is 12.6. The number of carbonyl (C=O) groups excluding carboxylic acids is 1. The average Bonchev–Trinajstić information content (AvgIpc) is 3.79. The molecule has 5 aromatic heterocycles. The Morgan fingerprint density at radius 3 is 2.68 bits per heavy atom. The van der Waals surface area contributed by atoms with Crippen LogP contribution in [0.1, 0.15) is 40.0 Å². The molecule has 7 rings (SSSR count). The van der Waals surface area contributed by atoms with Crippen LogP contribution in [0, 0.1) is 11.2 Å². The number of likely N-dealkylation sites (tertiary alicyclic amines) is 1. The van der Waals surface area contributed by atoms with Crippen LogP contribution in [-0.2, 0) is 4.79 Å². The monoisotopic (exact) mass is 632 g/mol. The number of ether oxygens (including phenoxy) is 1. The van der Waals surface area contributed by atoms with Crippen LogP contribution in [0.2, 0.25) is 0 Å². The standard InChI is InChI=1S/C36H37FN8O2/c1-36(2,3)19-32(46)40-25-15-23(20-38-21-25)28-6-7-30-34(42-28)35(44-43-30)31-18-27-29(41-31)8-9-39-33(27)22-14-24(37)17-26(16-22)47-13-12-45-10-4-5-11-45/h6-9,14-18,20-21,41H,4-5,10-13,19H2,1-3H3,(H,40,46)(H,43,44). The lowest BCUT2D eigenvalue weighted by Crippen LogP contribution is -2.25. The predicted octanol–water partition coefficient (Wildman–Crippen LogP) is 7.22. The second-order valence-corrected chi connectivity index (χ2v) is 13.3. The minimum atomic E-state index is -0.379. The zero-order valence-corrected chi connectivity index (χ0v) is 26.7. The van der Waals surface area contributed by atoms with Gasteiger partial charge < -0.3 is 15.0 Å². The van der Waals surface area contributed by atoms with Gasteiger partial charge in [0, 0.05) is 53.5 Å². The SMILES string of the molecule is CC(C)(C)CC(=O)Nc1cncc(-c2ccc3[nH]nc(-c4cc5c(-c6cc(F)cc(OCCN7CCCC7)c6)nccc5[nH]4)c3n2)c1. The van der Waals surface area contributed by atoms with Crippen molar-refractivity contribution in [2.45, 2.75) is 40.0 Å². The Kier molecular flexibility index (Phi) is 8.15. The summed E-state index contributed by atoms with van der Waals surface area (Å²) in [4.78, 5) is 32.3. The molecule has 1 saturated heterocycles. The molecule has 47 heavy (non-hydrogen) atoms. The van der Waals surface area contributed by atoms with Gasteiger partial charge in [-0.25, -0.2) is 9.37 Å². The van der Waals surface area contributed by atoms with Gasteiger partial charge in [-0.2, -0.15) is 5.10 Å². The van der Waals surface area contributed by atoms with Crippen LogP contribution >= 0.6 is 0 Å². The first kappa shape index (κ1) is 30.5. The van der Waals surface area contributed by atoms with Crippen LogP contribution in [-0.4, -0.2) is 67.2 Å². The van der Waals surface area contributed by atoms with E-state index in [0.29, 0.717) is 52.6 Å². The third-order valence-corrected chi connectivity index (χ3v) is 8.24. The van der Waals surface area contributed by atoms with Crippen molar-refractivity contribution in [3.63, 3.8) is 0 Å². The summed E-state index contributed by atoms with van der Waals surface area (Å²) >= 11 is 0. The van der Waals surface area contributed by atoms with Crippen LogP contribution in [0.4, 0.5) is 10.1 Å². The average molecular weight is 633 g/mol. The number of aromatic amines is 2. The number of benzene rings is 1. The van der Waals surface area contributed by atoms with Crippen LogP contribution < -0.4 is 10.1 Å². The molecule has 1 fully saturated rings. The number of nitrogens with zero attached hydrogens (tertiary/aromatic N) is 5. The summed E-state index contributed by atoms with van der Waals surface area (Å²) in [6, 6.07) is 14.3. The molecule has 6 aromatic rings. The van der Waals surface area contributed by atoms with Crippen LogP contribution in [0.15, 0.2) is 67.1 Å². The summed E-state index contributed by atoms with van der Waals surface area (Å²) in [5, 5.41) is 11.4. The molecule has 11 heteroatoms. The molecule has 0 atom stereocenters. The minimum Gasteiger partial charge on any atom is -0.492 e. The summed E-state index contributed by atoms with van der Waals surface area (Å²) in [6.45, 7) is 9.58. The Balaban J connectivity index is 1.17. The van der Waals surface area contributed by atoms with E-state index in [2.05, 4.69) is 35.4 Å². The summed E-state index contributed by atoms with van der Waals surface area (Å²) in [5.74, 6) is 0.0378. The topological polar surface area (TPSA) is 125 Å². The van der Waals surface area contributed by atoms with Gasteiger partial charge in [0.15, 0.2) is 0 Å². The van der Waals surface area contributed by atoms with Gasteiger partial charge in [0.05, 0.1) is 34.5 Å². The van der Waals surface area contributed by atoms with Gasteiger partial charge >= 0.3 is 0 Å². The van der Waals surface area contributed by atoms with Crippen molar-refractivity contribution in [2.24, 2.45) is 5.41 Å². The van der Waals surface area contributed by atoms with Crippen molar-refractivity contribution >= 4 is 33.5 Å². The normalized spacial score (nSPS) is 13.9. The van der Waals surface area contributed by atoms with E-state index in [1.54, 1.807) is 18.6 Å². The molecule has 1 aromatic carbocycles. The molecule has 0 spiro atoms. The van der Waals surface area contributed by atoms with E-state index in [1.165, 1.54) is 25.0 Å². The molecule has 3 N–H and O–H groups in total. The number of fused-ring (bicyclic) bond motifs is 2. The Hall–Kier alpha value is -5.16. The Morgan fingerprint density at radius 1 is 1.00 bits per heavy atom. The van der Waals surface area contributed by atoms with E-state index in [0.717, 1.165) is 47.3 Å². The van der Waals surface area contributed by atoms with Crippen LogP contribution in [0.5, 0.6) is 5.75 Å². The number of nitrogens with one attached hydrogen (secondary N) is 3. The number of halogens is 1. The maximum absolute atomic E-state index is 14.8. The Morgan fingerprint density at radius 2 is 1.85 bits per heavy atom. The summed E-state index contributed by atoms with van der Waals surface area (Å²) in [6.07, 6.45) is 7.88. The smallest absolute Gasteiger partial charge is 0.224 e. The van der Waals surface area contributed by atoms with E-state index in [4.69, 9.17) is 9.72 Å². The van der Waals surface area contributed by atoms with E-state index in [1.807, 2.05) is 57.2 Å². The highest BCUT2D eigenvalue weighted by Gasteiger charge is 2.19. The highest BCUT2D eigenvalue weighted by Crippen LogP contribution is 2.35. The van der Waals surface area contributed by atoms with E-state index in [-0.39, 0.29) is 17.1 Å². The van der Waals surface area contributed by atoms with Crippen LogP contribution in [0.3, 0.4) is 0 Å². The molecule has 0 bridgehead atoms. The fourth-order valence-electron chi connectivity index (χ4n) is 6.08. The lowest BCUT2D eigenvalue weighted by molar-refractivity contribution is -0.117. The quantitative estimate of drug-likeness (QED) is 0.154. The van der Waals surface area contributed by atoms with E-state index < -0.39 is 0 Å². The molecular formula is C36H37FN8O2. The number of carbonyl (C=O) groups is 1. The third-order valence-electron chi connectivity index (χ3n) is 8.24. The van der Waals surface area contributed by atoms with Gasteiger partial charge in [0.25, 0.3) is 0 Å². The Bertz CT molecular complexity index is 2070. The van der Waals surface area contributed by atoms with Crippen molar-refractivity contribution in [1.82, 2.24) is 35.0 Å². The molecule has 0 saturated carbocycles. The summed E-state index contributed by atoms with van der Waals surface area (Å²) in [7, 11) is 0. The van der Waals surface area contributed by atoms with Crippen LogP contribution in [0.25, 0.3) is 55.8 Å². The van der Waals surface area contributed by atoms with Crippen molar-refractivity contribution < 1.29 is 13.9 Å². The predicted molar refractivity (Wildman–Crippen MR) is 181 cm³/mol. The molecule has 0 radical (unpaired) electrons. The molecule has 240 valence electrons. The third kappa shape index (κ3) is 6.85. The number of pyridine rings is 3. The summed E-state index contributed by atoms with van der Waals surface area (Å²) < 4.78 is 20.8. The van der Waals surface area contributed by atoms with Crippen molar-refractivity contribution in [3.05, 3.63) is 72.9 Å².